The van der Waals surface area contributed by atoms with E-state index in [0.717, 1.165) is 6.20 Å². The van der Waals surface area contributed by atoms with Gasteiger partial charge in [0.05, 0.1) is 6.20 Å². The molecule has 4 nitrogen and oxygen atoms in total. The van der Waals surface area contributed by atoms with Crippen molar-refractivity contribution in [3.05, 3.63) is 24.1 Å². The lowest BCUT2D eigenvalue weighted by Gasteiger charge is -2.35. The molecule has 0 radical (unpaired) electrons. The standard InChI is InChI=1S/C11H12ClF2N3O/c12-10(14)11(18)17-5-3-16(4-6-17)9-2-1-8(13)7-15-9/h1-2,7,10H,3-6H2. The van der Waals surface area contributed by atoms with Gasteiger partial charge in [-0.1, -0.05) is 11.6 Å². The van der Waals surface area contributed by atoms with Gasteiger partial charge < -0.3 is 9.80 Å². The molecule has 1 atom stereocenters. The Kier molecular flexibility index (Phi) is 3.96. The fourth-order valence-electron chi connectivity index (χ4n) is 1.85. The summed E-state index contributed by atoms with van der Waals surface area (Å²) >= 11 is 5.11. The molecule has 1 aliphatic rings. The second kappa shape index (κ2) is 5.48. The molecule has 1 aromatic rings. The van der Waals surface area contributed by atoms with Gasteiger partial charge >= 0.3 is 0 Å². The van der Waals surface area contributed by atoms with Gasteiger partial charge in [0.25, 0.3) is 11.5 Å². The van der Waals surface area contributed by atoms with Crippen LogP contribution in [0.1, 0.15) is 0 Å². The number of pyridine rings is 1. The first-order valence-corrected chi connectivity index (χ1v) is 5.95. The maximum atomic E-state index is 12.7. The van der Waals surface area contributed by atoms with Crippen molar-refractivity contribution in [2.45, 2.75) is 5.63 Å². The molecule has 1 amide bonds. The largest absolute Gasteiger partial charge is 0.353 e. The summed E-state index contributed by atoms with van der Waals surface area (Å²) in [4.78, 5) is 18.6. The van der Waals surface area contributed by atoms with E-state index < -0.39 is 17.4 Å². The molecule has 1 aliphatic heterocycles. The van der Waals surface area contributed by atoms with Crippen LogP contribution in [0.2, 0.25) is 0 Å². The number of anilines is 1. The van der Waals surface area contributed by atoms with E-state index in [1.165, 1.54) is 11.0 Å². The second-order valence-corrected chi connectivity index (χ2v) is 4.33. The van der Waals surface area contributed by atoms with Crippen LogP contribution in [0.4, 0.5) is 14.6 Å². The molecule has 0 spiro atoms. The van der Waals surface area contributed by atoms with Crippen LogP contribution in [0.15, 0.2) is 18.3 Å². The Morgan fingerprint density at radius 2 is 2.00 bits per heavy atom. The van der Waals surface area contributed by atoms with Crippen LogP contribution in [0, 0.1) is 5.82 Å². The Labute approximate surface area is 108 Å². The number of alkyl halides is 2. The lowest BCUT2D eigenvalue weighted by Crippen LogP contribution is -2.50. The molecule has 1 fully saturated rings. The van der Waals surface area contributed by atoms with Crippen molar-refractivity contribution in [2.75, 3.05) is 31.1 Å². The van der Waals surface area contributed by atoms with E-state index in [9.17, 15) is 13.6 Å². The third-order valence-corrected chi connectivity index (χ3v) is 3.00. The fourth-order valence-corrected chi connectivity index (χ4v) is 1.99. The molecule has 0 saturated carbocycles. The molecule has 2 heterocycles. The van der Waals surface area contributed by atoms with E-state index in [4.69, 9.17) is 11.6 Å². The molecule has 0 aromatic carbocycles. The molecular formula is C11H12ClF2N3O. The van der Waals surface area contributed by atoms with Crippen LogP contribution in [0.25, 0.3) is 0 Å². The lowest BCUT2D eigenvalue weighted by atomic mass is 10.3. The molecule has 1 saturated heterocycles. The number of hydrogen-bond donors (Lipinski definition) is 0. The number of rotatable bonds is 2. The van der Waals surface area contributed by atoms with E-state index >= 15 is 0 Å². The van der Waals surface area contributed by atoms with Crippen molar-refractivity contribution in [1.82, 2.24) is 9.88 Å². The highest BCUT2D eigenvalue weighted by Gasteiger charge is 2.26. The molecule has 18 heavy (non-hydrogen) atoms. The van der Waals surface area contributed by atoms with E-state index in [0.29, 0.717) is 32.0 Å². The number of amides is 1. The van der Waals surface area contributed by atoms with Gasteiger partial charge in [0, 0.05) is 26.2 Å². The summed E-state index contributed by atoms with van der Waals surface area (Å²) in [5.74, 6) is -0.454. The monoisotopic (exact) mass is 275 g/mol. The molecule has 0 N–H and O–H groups in total. The van der Waals surface area contributed by atoms with Gasteiger partial charge in [0.1, 0.15) is 11.6 Å². The van der Waals surface area contributed by atoms with Crippen LogP contribution in [-0.4, -0.2) is 47.6 Å². The van der Waals surface area contributed by atoms with Crippen molar-refractivity contribution in [2.24, 2.45) is 0 Å². The number of carbonyl (C=O) groups is 1. The minimum absolute atomic E-state index is 0.380. The quantitative estimate of drug-likeness (QED) is 0.766. The van der Waals surface area contributed by atoms with Crippen LogP contribution in [-0.2, 0) is 4.79 Å². The van der Waals surface area contributed by atoms with Crippen molar-refractivity contribution in [3.8, 4) is 0 Å². The van der Waals surface area contributed by atoms with Gasteiger partial charge in [-0.3, -0.25) is 4.79 Å². The van der Waals surface area contributed by atoms with Gasteiger partial charge in [-0.25, -0.2) is 13.8 Å². The minimum Gasteiger partial charge on any atom is -0.353 e. The molecule has 0 bridgehead atoms. The predicted molar refractivity (Wildman–Crippen MR) is 63.7 cm³/mol. The Balaban J connectivity index is 1.94. The molecule has 1 unspecified atom stereocenters. The van der Waals surface area contributed by atoms with Crippen molar-refractivity contribution in [3.63, 3.8) is 0 Å². The zero-order valence-corrected chi connectivity index (χ0v) is 10.3. The highest BCUT2D eigenvalue weighted by molar-refractivity contribution is 6.29. The summed E-state index contributed by atoms with van der Waals surface area (Å²) in [6, 6.07) is 2.91. The third-order valence-electron chi connectivity index (χ3n) is 2.81. The molecule has 98 valence electrons. The van der Waals surface area contributed by atoms with E-state index in [2.05, 4.69) is 4.98 Å². The average Bonchev–Trinajstić information content (AvgIpc) is 2.39. The average molecular weight is 276 g/mol. The van der Waals surface area contributed by atoms with E-state index in [1.807, 2.05) is 4.90 Å². The Hall–Kier alpha value is -1.43. The smallest absolute Gasteiger partial charge is 0.272 e. The highest BCUT2D eigenvalue weighted by Crippen LogP contribution is 2.15. The Bertz CT molecular complexity index is 419. The number of carbonyl (C=O) groups excluding carboxylic acids is 1. The normalized spacial score (nSPS) is 17.7. The van der Waals surface area contributed by atoms with E-state index in [1.54, 1.807) is 6.07 Å². The summed E-state index contributed by atoms with van der Waals surface area (Å²) in [6.07, 6.45) is 1.14. The number of hydrogen-bond acceptors (Lipinski definition) is 3. The van der Waals surface area contributed by atoms with Crippen LogP contribution < -0.4 is 4.90 Å². The van der Waals surface area contributed by atoms with Gasteiger partial charge in [-0.2, -0.15) is 0 Å². The summed E-state index contributed by atoms with van der Waals surface area (Å²) in [6.45, 7) is 1.80. The zero-order chi connectivity index (χ0) is 13.1. The molecule has 2 rings (SSSR count). The molecule has 7 heteroatoms. The number of nitrogens with zero attached hydrogens (tertiary/aromatic N) is 3. The predicted octanol–water partition coefficient (Wildman–Crippen LogP) is 1.40. The number of halogens is 3. The first-order chi connectivity index (χ1) is 8.58. The lowest BCUT2D eigenvalue weighted by molar-refractivity contribution is -0.133. The first-order valence-electron chi connectivity index (χ1n) is 5.51. The maximum absolute atomic E-state index is 12.7. The van der Waals surface area contributed by atoms with Crippen molar-refractivity contribution >= 4 is 23.3 Å². The topological polar surface area (TPSA) is 36.4 Å². The molecular weight excluding hydrogens is 264 g/mol. The second-order valence-electron chi connectivity index (χ2n) is 3.95. The summed E-state index contributed by atoms with van der Waals surface area (Å²) in [5, 5.41) is 0. The zero-order valence-electron chi connectivity index (χ0n) is 9.52. The molecule has 0 aliphatic carbocycles. The van der Waals surface area contributed by atoms with Gasteiger partial charge in [-0.15, -0.1) is 0 Å². The number of aromatic nitrogens is 1. The summed E-state index contributed by atoms with van der Waals surface area (Å²) in [5.41, 5.74) is -1.99. The highest BCUT2D eigenvalue weighted by atomic mass is 35.5. The van der Waals surface area contributed by atoms with Crippen molar-refractivity contribution < 1.29 is 13.6 Å². The Morgan fingerprint density at radius 1 is 1.33 bits per heavy atom. The third kappa shape index (κ3) is 2.87. The maximum Gasteiger partial charge on any atom is 0.272 e. The number of piperazine rings is 1. The first kappa shape index (κ1) is 13.0. The molecule has 1 aromatic heterocycles. The fraction of sp³-hybridized carbons (Fsp3) is 0.455. The Morgan fingerprint density at radius 3 is 2.50 bits per heavy atom. The van der Waals surface area contributed by atoms with Gasteiger partial charge in [0.2, 0.25) is 0 Å². The van der Waals surface area contributed by atoms with Crippen molar-refractivity contribution in [1.29, 1.82) is 0 Å². The van der Waals surface area contributed by atoms with Crippen LogP contribution in [0.3, 0.4) is 0 Å². The minimum atomic E-state index is -1.99. The summed E-state index contributed by atoms with van der Waals surface area (Å²) < 4.78 is 25.4. The van der Waals surface area contributed by atoms with Gasteiger partial charge in [-0.05, 0) is 12.1 Å². The van der Waals surface area contributed by atoms with E-state index in [-0.39, 0.29) is 0 Å². The van der Waals surface area contributed by atoms with Gasteiger partial charge in [0.15, 0.2) is 0 Å². The van der Waals surface area contributed by atoms with Crippen LogP contribution >= 0.6 is 11.6 Å². The van der Waals surface area contributed by atoms with Crippen LogP contribution in [0.5, 0.6) is 0 Å². The summed E-state index contributed by atoms with van der Waals surface area (Å²) in [7, 11) is 0. The SMILES string of the molecule is O=C(C(F)Cl)N1CCN(c2ccc(F)cn2)CC1.